The van der Waals surface area contributed by atoms with Gasteiger partial charge in [-0.2, -0.15) is 10.2 Å². The van der Waals surface area contributed by atoms with E-state index in [-0.39, 0.29) is 11.6 Å². The maximum atomic E-state index is 12.5. The lowest BCUT2D eigenvalue weighted by atomic mass is 10.2. The van der Waals surface area contributed by atoms with Gasteiger partial charge >= 0.3 is 0 Å². The van der Waals surface area contributed by atoms with Crippen molar-refractivity contribution < 1.29 is 9.21 Å². The molecule has 148 valence electrons. The molecule has 0 aliphatic rings. The van der Waals surface area contributed by atoms with Crippen molar-refractivity contribution in [1.29, 1.82) is 0 Å². The molecule has 0 saturated carbocycles. The summed E-state index contributed by atoms with van der Waals surface area (Å²) >= 11 is 18.3. The predicted molar refractivity (Wildman–Crippen MR) is 111 cm³/mol. The van der Waals surface area contributed by atoms with Crippen molar-refractivity contribution in [2.24, 2.45) is 0 Å². The van der Waals surface area contributed by atoms with Crippen molar-refractivity contribution in [3.8, 4) is 0 Å². The van der Waals surface area contributed by atoms with E-state index in [1.54, 1.807) is 46.0 Å². The summed E-state index contributed by atoms with van der Waals surface area (Å²) in [7, 11) is 0. The molecule has 0 radical (unpaired) electrons. The third kappa shape index (κ3) is 4.64. The molecule has 0 aliphatic heterocycles. The van der Waals surface area contributed by atoms with Crippen LogP contribution in [0.3, 0.4) is 0 Å². The first kappa shape index (κ1) is 19.6. The summed E-state index contributed by atoms with van der Waals surface area (Å²) < 4.78 is 8.86. The number of nitrogens with one attached hydrogen (secondary N) is 1. The van der Waals surface area contributed by atoms with E-state index in [1.807, 2.05) is 18.3 Å². The Morgan fingerprint density at radius 3 is 2.69 bits per heavy atom. The zero-order valence-corrected chi connectivity index (χ0v) is 17.1. The Labute approximate surface area is 180 Å². The molecule has 0 bridgehead atoms. The Balaban J connectivity index is 1.44. The van der Waals surface area contributed by atoms with Gasteiger partial charge in [0.15, 0.2) is 11.6 Å². The molecule has 29 heavy (non-hydrogen) atoms. The zero-order chi connectivity index (χ0) is 20.4. The van der Waals surface area contributed by atoms with E-state index in [1.165, 1.54) is 0 Å². The SMILES string of the molecule is O=C(Nc1nn(Cc2ccc(Cl)cc2Cl)cc1Cl)c1ccc(Cn2cccn2)o1. The number of amides is 1. The Hall–Kier alpha value is -2.74. The Morgan fingerprint density at radius 2 is 1.93 bits per heavy atom. The lowest BCUT2D eigenvalue weighted by molar-refractivity contribution is 0.0994. The number of furan rings is 1. The van der Waals surface area contributed by atoms with Crippen LogP contribution in [0.4, 0.5) is 5.82 Å². The van der Waals surface area contributed by atoms with E-state index in [0.29, 0.717) is 33.9 Å². The zero-order valence-electron chi connectivity index (χ0n) is 14.8. The third-order valence-corrected chi connectivity index (χ3v) is 4.92. The highest BCUT2D eigenvalue weighted by Gasteiger charge is 2.16. The number of rotatable bonds is 6. The molecule has 0 spiro atoms. The van der Waals surface area contributed by atoms with E-state index < -0.39 is 5.91 Å². The Bertz CT molecular complexity index is 1150. The highest BCUT2D eigenvalue weighted by atomic mass is 35.5. The van der Waals surface area contributed by atoms with Crippen molar-refractivity contribution >= 4 is 46.5 Å². The average Bonchev–Trinajstić information content (AvgIpc) is 3.41. The van der Waals surface area contributed by atoms with E-state index in [4.69, 9.17) is 39.2 Å². The van der Waals surface area contributed by atoms with Gasteiger partial charge in [-0.05, 0) is 35.9 Å². The van der Waals surface area contributed by atoms with Crippen LogP contribution in [0, 0.1) is 0 Å². The van der Waals surface area contributed by atoms with E-state index in [9.17, 15) is 4.79 Å². The second-order valence-corrected chi connectivity index (χ2v) is 7.43. The van der Waals surface area contributed by atoms with Crippen LogP contribution in [0.1, 0.15) is 21.9 Å². The molecule has 4 aromatic rings. The molecule has 3 aromatic heterocycles. The number of nitrogens with zero attached hydrogens (tertiary/aromatic N) is 4. The number of halogens is 3. The molecule has 10 heteroatoms. The highest BCUT2D eigenvalue weighted by Crippen LogP contribution is 2.25. The largest absolute Gasteiger partial charge is 0.454 e. The smallest absolute Gasteiger partial charge is 0.292 e. The normalized spacial score (nSPS) is 11.0. The van der Waals surface area contributed by atoms with Gasteiger partial charge in [-0.1, -0.05) is 40.9 Å². The lowest BCUT2D eigenvalue weighted by Gasteiger charge is -2.05. The van der Waals surface area contributed by atoms with Crippen LogP contribution in [0.15, 0.2) is 59.4 Å². The molecule has 0 fully saturated rings. The first-order valence-electron chi connectivity index (χ1n) is 8.52. The molecule has 0 saturated heterocycles. The fraction of sp³-hybridized carbons (Fsp3) is 0.105. The predicted octanol–water partition coefficient (Wildman–Crippen LogP) is 4.98. The first-order valence-corrected chi connectivity index (χ1v) is 9.66. The lowest BCUT2D eigenvalue weighted by Crippen LogP contribution is -2.12. The van der Waals surface area contributed by atoms with Crippen molar-refractivity contribution in [3.05, 3.63) is 87.1 Å². The van der Waals surface area contributed by atoms with Gasteiger partial charge < -0.3 is 9.73 Å². The monoisotopic (exact) mass is 449 g/mol. The van der Waals surface area contributed by atoms with Gasteiger partial charge in [-0.25, -0.2) is 0 Å². The maximum Gasteiger partial charge on any atom is 0.292 e. The average molecular weight is 451 g/mol. The quantitative estimate of drug-likeness (QED) is 0.449. The van der Waals surface area contributed by atoms with Gasteiger partial charge in [-0.3, -0.25) is 14.2 Å². The van der Waals surface area contributed by atoms with Crippen molar-refractivity contribution in [1.82, 2.24) is 19.6 Å². The number of anilines is 1. The van der Waals surface area contributed by atoms with E-state index >= 15 is 0 Å². The number of carbonyl (C=O) groups excluding carboxylic acids is 1. The Morgan fingerprint density at radius 1 is 1.07 bits per heavy atom. The molecule has 7 nitrogen and oxygen atoms in total. The number of hydrogen-bond donors (Lipinski definition) is 1. The maximum absolute atomic E-state index is 12.5. The van der Waals surface area contributed by atoms with Crippen LogP contribution in [-0.2, 0) is 13.1 Å². The number of aromatic nitrogens is 4. The molecule has 4 rings (SSSR count). The number of carbonyl (C=O) groups is 1. The van der Waals surface area contributed by atoms with Crippen LogP contribution in [-0.4, -0.2) is 25.5 Å². The standard InChI is InChI=1S/C19H14Cl3N5O2/c20-13-3-2-12(15(21)8-13)9-27-11-16(22)18(25-27)24-19(28)17-5-4-14(29-17)10-26-7-1-6-23-26/h1-8,11H,9-10H2,(H,24,25,28). The van der Waals surface area contributed by atoms with E-state index in [2.05, 4.69) is 15.5 Å². The minimum Gasteiger partial charge on any atom is -0.454 e. The topological polar surface area (TPSA) is 77.9 Å². The summed E-state index contributed by atoms with van der Waals surface area (Å²) in [5.74, 6) is 0.534. The second kappa shape index (κ2) is 8.32. The van der Waals surface area contributed by atoms with Gasteiger partial charge in [0.25, 0.3) is 5.91 Å². The van der Waals surface area contributed by atoms with Crippen molar-refractivity contribution in [2.75, 3.05) is 5.32 Å². The summed E-state index contributed by atoms with van der Waals surface area (Å²) in [6.07, 6.45) is 5.08. The second-order valence-electron chi connectivity index (χ2n) is 6.18. The third-order valence-electron chi connectivity index (χ3n) is 4.06. The van der Waals surface area contributed by atoms with Crippen LogP contribution >= 0.6 is 34.8 Å². The molecule has 0 atom stereocenters. The summed E-state index contributed by atoms with van der Waals surface area (Å²) in [5, 5.41) is 12.4. The molecular weight excluding hydrogens is 437 g/mol. The molecule has 3 heterocycles. The molecule has 1 aromatic carbocycles. The van der Waals surface area contributed by atoms with E-state index in [0.717, 1.165) is 5.56 Å². The van der Waals surface area contributed by atoms with Crippen LogP contribution in [0.2, 0.25) is 15.1 Å². The molecule has 0 aliphatic carbocycles. The van der Waals surface area contributed by atoms with Crippen LogP contribution in [0.25, 0.3) is 0 Å². The van der Waals surface area contributed by atoms with Gasteiger partial charge in [-0.15, -0.1) is 0 Å². The van der Waals surface area contributed by atoms with Gasteiger partial charge in [0.05, 0.1) is 13.1 Å². The van der Waals surface area contributed by atoms with Gasteiger partial charge in [0.2, 0.25) is 0 Å². The fourth-order valence-electron chi connectivity index (χ4n) is 2.69. The first-order chi connectivity index (χ1) is 14.0. The molecule has 1 N–H and O–H groups in total. The highest BCUT2D eigenvalue weighted by molar-refractivity contribution is 6.35. The minimum absolute atomic E-state index is 0.151. The van der Waals surface area contributed by atoms with Crippen LogP contribution < -0.4 is 5.32 Å². The molecule has 1 amide bonds. The fourth-order valence-corrected chi connectivity index (χ4v) is 3.36. The van der Waals surface area contributed by atoms with Crippen LogP contribution in [0.5, 0.6) is 0 Å². The van der Waals surface area contributed by atoms with Gasteiger partial charge in [0, 0.05) is 28.6 Å². The summed E-state index contributed by atoms with van der Waals surface area (Å²) in [6.45, 7) is 0.803. The number of benzene rings is 1. The van der Waals surface area contributed by atoms with Crippen molar-refractivity contribution in [3.63, 3.8) is 0 Å². The molecular formula is C19H14Cl3N5O2. The minimum atomic E-state index is -0.451. The summed E-state index contributed by atoms with van der Waals surface area (Å²) in [6, 6.07) is 10.3. The Kier molecular flexibility index (Phi) is 5.62. The van der Waals surface area contributed by atoms with Gasteiger partial charge in [0.1, 0.15) is 10.8 Å². The summed E-state index contributed by atoms with van der Waals surface area (Å²) in [5.41, 5.74) is 0.822. The molecule has 0 unspecified atom stereocenters. The summed E-state index contributed by atoms with van der Waals surface area (Å²) in [4.78, 5) is 12.5. The number of hydrogen-bond acceptors (Lipinski definition) is 4. The van der Waals surface area contributed by atoms with Crippen molar-refractivity contribution in [2.45, 2.75) is 13.1 Å².